The summed E-state index contributed by atoms with van der Waals surface area (Å²) in [5, 5.41) is 2.89. The molecule has 1 fully saturated rings. The molecule has 0 bridgehead atoms. The summed E-state index contributed by atoms with van der Waals surface area (Å²) < 4.78 is 5.68. The van der Waals surface area contributed by atoms with Gasteiger partial charge in [0.25, 0.3) is 0 Å². The summed E-state index contributed by atoms with van der Waals surface area (Å²) in [6, 6.07) is 7.30. The summed E-state index contributed by atoms with van der Waals surface area (Å²) in [6.07, 6.45) is 8.93. The Morgan fingerprint density at radius 1 is 1.26 bits per heavy atom. The second-order valence-corrected chi connectivity index (χ2v) is 5.54. The molecule has 120 valence electrons. The van der Waals surface area contributed by atoms with Gasteiger partial charge in [-0.25, -0.2) is 4.79 Å². The molecule has 1 atom stereocenters. The van der Waals surface area contributed by atoms with Crippen molar-refractivity contribution in [3.05, 3.63) is 54.6 Å². The van der Waals surface area contributed by atoms with E-state index in [0.717, 1.165) is 25.0 Å². The molecule has 6 heteroatoms. The van der Waals surface area contributed by atoms with Crippen molar-refractivity contribution in [3.8, 4) is 0 Å². The Bertz CT molecular complexity index is 615. The maximum atomic E-state index is 12.6. The maximum absolute atomic E-state index is 12.6. The number of anilines is 1. The van der Waals surface area contributed by atoms with E-state index in [0.29, 0.717) is 18.8 Å². The minimum atomic E-state index is -0.148. The number of aromatic nitrogens is 2. The summed E-state index contributed by atoms with van der Waals surface area (Å²) in [4.78, 5) is 22.4. The summed E-state index contributed by atoms with van der Waals surface area (Å²) in [6.45, 7) is 1.88. The molecule has 6 nitrogen and oxygen atoms in total. The SMILES string of the molecule is O=C(Nc1cccnc1)N(Cc1ccncc1)C[C@@H]1CCCO1. The zero-order chi connectivity index (χ0) is 15.9. The topological polar surface area (TPSA) is 67.4 Å². The van der Waals surface area contributed by atoms with Gasteiger partial charge >= 0.3 is 6.03 Å². The first-order valence-electron chi connectivity index (χ1n) is 7.78. The van der Waals surface area contributed by atoms with Crippen molar-refractivity contribution in [1.29, 1.82) is 0 Å². The van der Waals surface area contributed by atoms with E-state index in [1.807, 2.05) is 18.2 Å². The normalized spacial score (nSPS) is 17.0. The van der Waals surface area contributed by atoms with Gasteiger partial charge in [-0.1, -0.05) is 0 Å². The summed E-state index contributed by atoms with van der Waals surface area (Å²) in [5.74, 6) is 0. The van der Waals surface area contributed by atoms with E-state index in [1.165, 1.54) is 0 Å². The Morgan fingerprint density at radius 3 is 2.83 bits per heavy atom. The number of amides is 2. The van der Waals surface area contributed by atoms with Gasteiger partial charge in [-0.2, -0.15) is 0 Å². The van der Waals surface area contributed by atoms with E-state index in [4.69, 9.17) is 4.74 Å². The standard InChI is InChI=1S/C17H20N4O2/c22-17(20-15-3-1-7-19-11-15)21(13-16-4-2-10-23-16)12-14-5-8-18-9-6-14/h1,3,5-9,11,16H,2,4,10,12-13H2,(H,20,22)/t16-/m0/s1. The van der Waals surface area contributed by atoms with Gasteiger partial charge in [0.05, 0.1) is 18.0 Å². The fourth-order valence-electron chi connectivity index (χ4n) is 2.60. The van der Waals surface area contributed by atoms with E-state index in [-0.39, 0.29) is 12.1 Å². The van der Waals surface area contributed by atoms with Gasteiger partial charge in [0, 0.05) is 38.3 Å². The number of carbonyl (C=O) groups is 1. The third kappa shape index (κ3) is 4.50. The van der Waals surface area contributed by atoms with Crippen LogP contribution in [0, 0.1) is 0 Å². The third-order valence-electron chi connectivity index (χ3n) is 3.77. The number of pyridine rings is 2. The number of ether oxygens (including phenoxy) is 1. The van der Waals surface area contributed by atoms with Crippen molar-refractivity contribution in [1.82, 2.24) is 14.9 Å². The van der Waals surface area contributed by atoms with Gasteiger partial charge in [-0.15, -0.1) is 0 Å². The lowest BCUT2D eigenvalue weighted by atomic mass is 10.2. The summed E-state index contributed by atoms with van der Waals surface area (Å²) in [5.41, 5.74) is 1.73. The van der Waals surface area contributed by atoms with Gasteiger partial charge in [0.1, 0.15) is 0 Å². The average Bonchev–Trinajstić information content (AvgIpc) is 3.09. The van der Waals surface area contributed by atoms with Gasteiger partial charge in [-0.3, -0.25) is 9.97 Å². The summed E-state index contributed by atoms with van der Waals surface area (Å²) >= 11 is 0. The van der Waals surface area contributed by atoms with Crippen LogP contribution in [-0.2, 0) is 11.3 Å². The molecule has 0 aromatic carbocycles. The van der Waals surface area contributed by atoms with Crippen LogP contribution >= 0.6 is 0 Å². The predicted molar refractivity (Wildman–Crippen MR) is 86.9 cm³/mol. The predicted octanol–water partition coefficient (Wildman–Crippen LogP) is 2.69. The Labute approximate surface area is 135 Å². The van der Waals surface area contributed by atoms with Crippen molar-refractivity contribution in [2.75, 3.05) is 18.5 Å². The first kappa shape index (κ1) is 15.4. The second kappa shape index (κ2) is 7.69. The molecule has 1 aliphatic rings. The molecule has 0 aliphatic carbocycles. The minimum absolute atomic E-state index is 0.108. The van der Waals surface area contributed by atoms with Crippen LogP contribution < -0.4 is 5.32 Å². The first-order chi connectivity index (χ1) is 11.3. The van der Waals surface area contributed by atoms with E-state index in [2.05, 4.69) is 15.3 Å². The molecule has 1 N–H and O–H groups in total. The smallest absolute Gasteiger partial charge is 0.322 e. The minimum Gasteiger partial charge on any atom is -0.376 e. The fraction of sp³-hybridized carbons (Fsp3) is 0.353. The highest BCUT2D eigenvalue weighted by Gasteiger charge is 2.23. The van der Waals surface area contributed by atoms with E-state index in [1.54, 1.807) is 35.8 Å². The van der Waals surface area contributed by atoms with Crippen LogP contribution in [0.2, 0.25) is 0 Å². The van der Waals surface area contributed by atoms with Crippen LogP contribution in [0.4, 0.5) is 10.5 Å². The van der Waals surface area contributed by atoms with Crippen molar-refractivity contribution < 1.29 is 9.53 Å². The number of hydrogen-bond acceptors (Lipinski definition) is 4. The molecule has 3 heterocycles. The molecule has 3 rings (SSSR count). The van der Waals surface area contributed by atoms with Crippen molar-refractivity contribution in [3.63, 3.8) is 0 Å². The average molecular weight is 312 g/mol. The van der Waals surface area contributed by atoms with E-state index in [9.17, 15) is 4.79 Å². The lowest BCUT2D eigenvalue weighted by Crippen LogP contribution is -2.39. The molecular formula is C17H20N4O2. The molecule has 0 saturated carbocycles. The number of urea groups is 1. The van der Waals surface area contributed by atoms with Gasteiger partial charge in [0.15, 0.2) is 0 Å². The van der Waals surface area contributed by atoms with Crippen LogP contribution in [0.15, 0.2) is 49.1 Å². The highest BCUT2D eigenvalue weighted by atomic mass is 16.5. The fourth-order valence-corrected chi connectivity index (χ4v) is 2.60. The van der Waals surface area contributed by atoms with E-state index >= 15 is 0 Å². The molecule has 2 aromatic heterocycles. The van der Waals surface area contributed by atoms with Gasteiger partial charge < -0.3 is 15.0 Å². The van der Waals surface area contributed by atoms with Crippen LogP contribution in [0.5, 0.6) is 0 Å². The quantitative estimate of drug-likeness (QED) is 0.921. The Morgan fingerprint density at radius 2 is 2.13 bits per heavy atom. The number of carbonyl (C=O) groups excluding carboxylic acids is 1. The molecule has 0 unspecified atom stereocenters. The van der Waals surface area contributed by atoms with Crippen LogP contribution in [-0.4, -0.2) is 40.2 Å². The number of rotatable bonds is 5. The highest BCUT2D eigenvalue weighted by molar-refractivity contribution is 5.89. The van der Waals surface area contributed by atoms with Crippen molar-refractivity contribution in [2.24, 2.45) is 0 Å². The Balaban J connectivity index is 1.69. The lowest BCUT2D eigenvalue weighted by Gasteiger charge is -2.25. The molecule has 0 spiro atoms. The molecule has 1 saturated heterocycles. The van der Waals surface area contributed by atoms with Crippen LogP contribution in [0.25, 0.3) is 0 Å². The van der Waals surface area contributed by atoms with Crippen molar-refractivity contribution >= 4 is 11.7 Å². The zero-order valence-electron chi connectivity index (χ0n) is 12.9. The molecule has 1 aliphatic heterocycles. The number of hydrogen-bond donors (Lipinski definition) is 1. The molecule has 0 radical (unpaired) electrons. The molecule has 2 aromatic rings. The zero-order valence-corrected chi connectivity index (χ0v) is 12.9. The van der Waals surface area contributed by atoms with Crippen LogP contribution in [0.1, 0.15) is 18.4 Å². The highest BCUT2D eigenvalue weighted by Crippen LogP contribution is 2.16. The van der Waals surface area contributed by atoms with Crippen molar-refractivity contribution in [2.45, 2.75) is 25.5 Å². The number of nitrogens with one attached hydrogen (secondary N) is 1. The van der Waals surface area contributed by atoms with E-state index < -0.39 is 0 Å². The first-order valence-corrected chi connectivity index (χ1v) is 7.78. The van der Waals surface area contributed by atoms with Crippen LogP contribution in [0.3, 0.4) is 0 Å². The third-order valence-corrected chi connectivity index (χ3v) is 3.77. The monoisotopic (exact) mass is 312 g/mol. The lowest BCUT2D eigenvalue weighted by molar-refractivity contribution is 0.0819. The Hall–Kier alpha value is -2.47. The largest absolute Gasteiger partial charge is 0.376 e. The van der Waals surface area contributed by atoms with Gasteiger partial charge in [0.2, 0.25) is 0 Å². The maximum Gasteiger partial charge on any atom is 0.322 e. The number of nitrogens with zero attached hydrogens (tertiary/aromatic N) is 3. The molecule has 23 heavy (non-hydrogen) atoms. The molecular weight excluding hydrogens is 292 g/mol. The second-order valence-electron chi connectivity index (χ2n) is 5.54. The Kier molecular flexibility index (Phi) is 5.16. The summed E-state index contributed by atoms with van der Waals surface area (Å²) in [7, 11) is 0. The van der Waals surface area contributed by atoms with Gasteiger partial charge in [-0.05, 0) is 42.7 Å². The molecule has 2 amide bonds.